The number of halogens is 1. The molecule has 0 saturated carbocycles. The van der Waals surface area contributed by atoms with Crippen molar-refractivity contribution in [1.29, 1.82) is 0 Å². The largest absolute Gasteiger partial charge is 0.378 e. The predicted octanol–water partition coefficient (Wildman–Crippen LogP) is 5.01. The van der Waals surface area contributed by atoms with E-state index in [-0.39, 0.29) is 11.8 Å². The highest BCUT2D eigenvalue weighted by atomic mass is 79.9. The Hall–Kier alpha value is -3.56. The average Bonchev–Trinajstić information content (AvgIpc) is 3.32. The van der Waals surface area contributed by atoms with E-state index in [0.29, 0.717) is 22.1 Å². The van der Waals surface area contributed by atoms with Crippen LogP contribution in [0, 0.1) is 0 Å². The monoisotopic (exact) mass is 549 g/mol. The van der Waals surface area contributed by atoms with Gasteiger partial charge in [-0.15, -0.1) is 10.2 Å². The highest BCUT2D eigenvalue weighted by Gasteiger charge is 2.23. The Morgan fingerprint density at radius 3 is 2.40 bits per heavy atom. The number of hydrogen-bond acceptors (Lipinski definition) is 6. The van der Waals surface area contributed by atoms with Gasteiger partial charge in [0, 0.05) is 41.8 Å². The molecule has 0 spiro atoms. The molecule has 35 heavy (non-hydrogen) atoms. The van der Waals surface area contributed by atoms with E-state index < -0.39 is 6.04 Å². The summed E-state index contributed by atoms with van der Waals surface area (Å²) >= 11 is 4.66. The molecule has 0 bridgehead atoms. The molecule has 2 amide bonds. The summed E-state index contributed by atoms with van der Waals surface area (Å²) in [4.78, 5) is 28.1. The number of anilines is 2. The van der Waals surface area contributed by atoms with E-state index in [4.69, 9.17) is 0 Å². The molecule has 0 aliphatic rings. The maximum atomic E-state index is 13.2. The second-order valence-corrected chi connectivity index (χ2v) is 9.96. The van der Waals surface area contributed by atoms with Crippen molar-refractivity contribution < 1.29 is 9.59 Å². The Labute approximate surface area is 216 Å². The number of nitrogens with one attached hydrogen (secondary N) is 2. The van der Waals surface area contributed by atoms with Gasteiger partial charge in [-0.1, -0.05) is 63.7 Å². The summed E-state index contributed by atoms with van der Waals surface area (Å²) in [5.41, 5.74) is 3.39. The lowest BCUT2D eigenvalue weighted by Crippen LogP contribution is -2.45. The summed E-state index contributed by atoms with van der Waals surface area (Å²) in [6.07, 6.45) is 0.337. The van der Waals surface area contributed by atoms with Crippen LogP contribution in [0.3, 0.4) is 0 Å². The van der Waals surface area contributed by atoms with Crippen molar-refractivity contribution in [2.24, 2.45) is 0 Å². The van der Waals surface area contributed by atoms with Crippen molar-refractivity contribution >= 4 is 49.9 Å². The van der Waals surface area contributed by atoms with Gasteiger partial charge in [0.05, 0.1) is 0 Å². The predicted molar refractivity (Wildman–Crippen MR) is 144 cm³/mol. The van der Waals surface area contributed by atoms with Gasteiger partial charge in [0.2, 0.25) is 11.0 Å². The van der Waals surface area contributed by atoms with Crippen molar-refractivity contribution in [2.45, 2.75) is 12.5 Å². The number of rotatable bonds is 8. The summed E-state index contributed by atoms with van der Waals surface area (Å²) in [7, 11) is 3.96. The van der Waals surface area contributed by atoms with Crippen LogP contribution in [0.15, 0.2) is 83.3 Å². The van der Waals surface area contributed by atoms with Crippen LogP contribution >= 0.6 is 27.3 Å². The van der Waals surface area contributed by atoms with E-state index in [9.17, 15) is 9.59 Å². The van der Waals surface area contributed by atoms with Gasteiger partial charge in [0.25, 0.3) is 5.91 Å². The third kappa shape index (κ3) is 6.52. The van der Waals surface area contributed by atoms with Gasteiger partial charge in [-0.3, -0.25) is 14.9 Å². The summed E-state index contributed by atoms with van der Waals surface area (Å²) < 4.78 is 0.786. The number of hydrogen-bond donors (Lipinski definition) is 2. The normalized spacial score (nSPS) is 11.5. The minimum Gasteiger partial charge on any atom is -0.378 e. The van der Waals surface area contributed by atoms with E-state index in [1.54, 1.807) is 18.2 Å². The Kier molecular flexibility index (Phi) is 7.89. The Morgan fingerprint density at radius 2 is 1.71 bits per heavy atom. The third-order valence-corrected chi connectivity index (χ3v) is 6.66. The molecule has 9 heteroatoms. The zero-order valence-corrected chi connectivity index (χ0v) is 21.6. The smallest absolute Gasteiger partial charge is 0.251 e. The molecule has 0 radical (unpaired) electrons. The number of amides is 2. The Morgan fingerprint density at radius 1 is 0.971 bits per heavy atom. The van der Waals surface area contributed by atoms with Crippen LogP contribution < -0.4 is 15.5 Å². The first kappa shape index (κ1) is 24.6. The fourth-order valence-corrected chi connectivity index (χ4v) is 4.57. The summed E-state index contributed by atoms with van der Waals surface area (Å²) in [5.74, 6) is -0.691. The van der Waals surface area contributed by atoms with Crippen molar-refractivity contribution in [3.8, 4) is 10.6 Å². The molecule has 7 nitrogen and oxygen atoms in total. The standard InChI is InChI=1S/C26H24BrN5O2S/c1-32(2)21-13-11-18(12-14-21)25-30-31-26(35-25)29-24(34)22(15-17-7-4-3-5-8-17)28-23(33)19-9-6-10-20(27)16-19/h3-14,16,22H,15H2,1-2H3,(H,28,33)(H,29,31,34)/t22-/m0/s1. The Bertz CT molecular complexity index is 1310. The molecule has 4 rings (SSSR count). The summed E-state index contributed by atoms with van der Waals surface area (Å²) in [6.45, 7) is 0. The summed E-state index contributed by atoms with van der Waals surface area (Å²) in [6, 6.07) is 23.7. The van der Waals surface area contributed by atoms with Gasteiger partial charge in [-0.25, -0.2) is 0 Å². The first-order valence-corrected chi connectivity index (χ1v) is 12.5. The van der Waals surface area contributed by atoms with Crippen molar-refractivity contribution in [3.05, 3.63) is 94.5 Å². The van der Waals surface area contributed by atoms with Gasteiger partial charge in [-0.2, -0.15) is 0 Å². The van der Waals surface area contributed by atoms with Crippen LogP contribution in [-0.2, 0) is 11.2 Å². The molecule has 0 saturated heterocycles. The maximum Gasteiger partial charge on any atom is 0.251 e. The van der Waals surface area contributed by atoms with Gasteiger partial charge in [0.15, 0.2) is 0 Å². The van der Waals surface area contributed by atoms with Crippen LogP contribution in [0.2, 0.25) is 0 Å². The number of carbonyl (C=O) groups is 2. The number of carbonyl (C=O) groups excluding carboxylic acids is 2. The number of aromatic nitrogens is 2. The Balaban J connectivity index is 1.50. The lowest BCUT2D eigenvalue weighted by atomic mass is 10.0. The molecule has 1 aromatic heterocycles. The zero-order chi connectivity index (χ0) is 24.8. The quantitative estimate of drug-likeness (QED) is 0.322. The molecule has 0 aliphatic carbocycles. The van der Waals surface area contributed by atoms with Crippen molar-refractivity contribution in [3.63, 3.8) is 0 Å². The number of benzene rings is 3. The SMILES string of the molecule is CN(C)c1ccc(-c2nnc(NC(=O)[C@H](Cc3ccccc3)NC(=O)c3cccc(Br)c3)s2)cc1. The first-order valence-electron chi connectivity index (χ1n) is 10.9. The molecule has 4 aromatic rings. The average molecular weight is 550 g/mol. The highest BCUT2D eigenvalue weighted by Crippen LogP contribution is 2.28. The molecule has 0 aliphatic heterocycles. The van der Waals surface area contributed by atoms with E-state index in [0.717, 1.165) is 21.3 Å². The fraction of sp³-hybridized carbons (Fsp3) is 0.154. The van der Waals surface area contributed by atoms with E-state index in [1.807, 2.05) is 79.7 Å². The minimum absolute atomic E-state index is 0.332. The molecule has 178 valence electrons. The van der Waals surface area contributed by atoms with E-state index in [1.165, 1.54) is 11.3 Å². The van der Waals surface area contributed by atoms with Gasteiger partial charge >= 0.3 is 0 Å². The lowest BCUT2D eigenvalue weighted by Gasteiger charge is -2.18. The molecule has 2 N–H and O–H groups in total. The number of nitrogens with zero attached hydrogens (tertiary/aromatic N) is 3. The minimum atomic E-state index is -0.796. The molecule has 1 atom stereocenters. The first-order chi connectivity index (χ1) is 16.9. The molecular formula is C26H24BrN5O2S. The molecular weight excluding hydrogens is 526 g/mol. The van der Waals surface area contributed by atoms with Crippen LogP contribution in [0.1, 0.15) is 15.9 Å². The van der Waals surface area contributed by atoms with Gasteiger partial charge < -0.3 is 10.2 Å². The van der Waals surface area contributed by atoms with Crippen LogP contribution in [0.25, 0.3) is 10.6 Å². The fourth-order valence-electron chi connectivity index (χ4n) is 3.42. The highest BCUT2D eigenvalue weighted by molar-refractivity contribution is 9.10. The van der Waals surface area contributed by atoms with Crippen LogP contribution in [0.5, 0.6) is 0 Å². The molecule has 1 heterocycles. The van der Waals surface area contributed by atoms with Crippen LogP contribution in [0.4, 0.5) is 10.8 Å². The van der Waals surface area contributed by atoms with E-state index in [2.05, 4.69) is 36.8 Å². The van der Waals surface area contributed by atoms with Crippen LogP contribution in [-0.4, -0.2) is 42.1 Å². The summed E-state index contributed by atoms with van der Waals surface area (Å²) in [5, 5.41) is 15.1. The zero-order valence-electron chi connectivity index (χ0n) is 19.2. The second-order valence-electron chi connectivity index (χ2n) is 8.07. The molecule has 0 fully saturated rings. The maximum absolute atomic E-state index is 13.2. The van der Waals surface area contributed by atoms with Crippen molar-refractivity contribution in [1.82, 2.24) is 15.5 Å². The van der Waals surface area contributed by atoms with E-state index >= 15 is 0 Å². The molecule has 3 aromatic carbocycles. The van der Waals surface area contributed by atoms with Gasteiger partial charge in [0.1, 0.15) is 11.0 Å². The molecule has 0 unspecified atom stereocenters. The third-order valence-electron chi connectivity index (χ3n) is 5.28. The lowest BCUT2D eigenvalue weighted by molar-refractivity contribution is -0.118. The van der Waals surface area contributed by atoms with Crippen molar-refractivity contribution in [2.75, 3.05) is 24.3 Å². The van der Waals surface area contributed by atoms with Gasteiger partial charge in [-0.05, 0) is 48.0 Å². The topological polar surface area (TPSA) is 87.2 Å². The second kappa shape index (κ2) is 11.2.